The Bertz CT molecular complexity index is 491. The van der Waals surface area contributed by atoms with Crippen LogP contribution in [-0.4, -0.2) is 38.5 Å². The van der Waals surface area contributed by atoms with Crippen LogP contribution in [0, 0.1) is 10.1 Å². The molecule has 0 aliphatic carbocycles. The van der Waals surface area contributed by atoms with Crippen molar-refractivity contribution in [1.82, 2.24) is 9.97 Å². The fraction of sp³-hybridized carbons (Fsp3) is 0.667. The van der Waals surface area contributed by atoms with Crippen molar-refractivity contribution >= 4 is 29.2 Å². The Morgan fingerprint density at radius 2 is 2.35 bits per heavy atom. The first-order valence-electron chi connectivity index (χ1n) is 6.67. The standard InChI is InChI=1S/C12H19N5O2S/c1-3-13-11-14-7-9(17(18)19)10(16-11)15-8-12(2)5-4-6-20-12/h7H,3-6,8H2,1-2H3,(H2,13,14,15,16). The minimum absolute atomic E-state index is 0.0850. The van der Waals surface area contributed by atoms with Gasteiger partial charge in [-0.15, -0.1) is 0 Å². The number of nitrogens with zero attached hydrogens (tertiary/aromatic N) is 3. The Morgan fingerprint density at radius 1 is 1.55 bits per heavy atom. The highest BCUT2D eigenvalue weighted by molar-refractivity contribution is 8.00. The molecule has 1 aromatic heterocycles. The lowest BCUT2D eigenvalue weighted by atomic mass is 10.1. The molecular weight excluding hydrogens is 278 g/mol. The van der Waals surface area contributed by atoms with Crippen molar-refractivity contribution in [2.75, 3.05) is 29.5 Å². The predicted octanol–water partition coefficient (Wildman–Crippen LogP) is 2.51. The van der Waals surface area contributed by atoms with Crippen LogP contribution in [0.25, 0.3) is 0 Å². The second-order valence-corrected chi connectivity index (χ2v) is 6.65. The van der Waals surface area contributed by atoms with E-state index in [1.165, 1.54) is 12.6 Å². The van der Waals surface area contributed by atoms with Crippen molar-refractivity contribution in [3.05, 3.63) is 16.3 Å². The molecule has 2 rings (SSSR count). The lowest BCUT2D eigenvalue weighted by molar-refractivity contribution is -0.384. The molecule has 20 heavy (non-hydrogen) atoms. The molecule has 1 aliphatic rings. The molecule has 0 bridgehead atoms. The zero-order valence-electron chi connectivity index (χ0n) is 11.7. The van der Waals surface area contributed by atoms with Gasteiger partial charge in [0.05, 0.1) is 4.92 Å². The molecule has 1 aromatic rings. The Morgan fingerprint density at radius 3 is 2.95 bits per heavy atom. The summed E-state index contributed by atoms with van der Waals surface area (Å²) < 4.78 is 0.122. The number of nitro groups is 1. The van der Waals surface area contributed by atoms with Crippen molar-refractivity contribution in [3.8, 4) is 0 Å². The molecular formula is C12H19N5O2S. The van der Waals surface area contributed by atoms with Crippen molar-refractivity contribution in [2.24, 2.45) is 0 Å². The molecule has 1 aliphatic heterocycles. The van der Waals surface area contributed by atoms with Crippen LogP contribution in [0.4, 0.5) is 17.5 Å². The maximum absolute atomic E-state index is 11.0. The molecule has 1 atom stereocenters. The topological polar surface area (TPSA) is 93.0 Å². The molecule has 0 radical (unpaired) electrons. The van der Waals surface area contributed by atoms with Gasteiger partial charge in [-0.05, 0) is 32.4 Å². The molecule has 1 unspecified atom stereocenters. The molecule has 0 amide bonds. The molecule has 2 heterocycles. The van der Waals surface area contributed by atoms with E-state index in [-0.39, 0.29) is 16.3 Å². The lowest BCUT2D eigenvalue weighted by Crippen LogP contribution is -2.27. The monoisotopic (exact) mass is 297 g/mol. The Kier molecular flexibility index (Phi) is 4.64. The number of hydrogen-bond donors (Lipinski definition) is 2. The molecule has 1 saturated heterocycles. The van der Waals surface area contributed by atoms with Crippen LogP contribution < -0.4 is 10.6 Å². The van der Waals surface area contributed by atoms with Crippen LogP contribution in [0.5, 0.6) is 0 Å². The smallest absolute Gasteiger partial charge is 0.329 e. The maximum atomic E-state index is 11.0. The van der Waals surface area contributed by atoms with Gasteiger partial charge in [0.15, 0.2) is 0 Å². The largest absolute Gasteiger partial charge is 0.363 e. The Balaban J connectivity index is 2.14. The normalized spacial score (nSPS) is 21.7. The van der Waals surface area contributed by atoms with Crippen LogP contribution in [0.1, 0.15) is 26.7 Å². The molecule has 0 aromatic carbocycles. The Hall–Kier alpha value is -1.57. The van der Waals surface area contributed by atoms with E-state index in [0.717, 1.165) is 12.2 Å². The fourth-order valence-electron chi connectivity index (χ4n) is 2.13. The Labute approximate surface area is 122 Å². The van der Waals surface area contributed by atoms with Gasteiger partial charge >= 0.3 is 5.69 Å². The maximum Gasteiger partial charge on any atom is 0.329 e. The van der Waals surface area contributed by atoms with E-state index in [1.807, 2.05) is 18.7 Å². The number of nitrogens with one attached hydrogen (secondary N) is 2. The van der Waals surface area contributed by atoms with Gasteiger partial charge in [0, 0.05) is 17.8 Å². The lowest BCUT2D eigenvalue weighted by Gasteiger charge is -2.23. The van der Waals surface area contributed by atoms with Gasteiger partial charge in [0.1, 0.15) is 6.20 Å². The number of thioether (sulfide) groups is 1. The van der Waals surface area contributed by atoms with Crippen molar-refractivity contribution in [3.63, 3.8) is 0 Å². The van der Waals surface area contributed by atoms with Gasteiger partial charge in [-0.3, -0.25) is 10.1 Å². The van der Waals surface area contributed by atoms with Gasteiger partial charge in [0.25, 0.3) is 0 Å². The fourth-order valence-corrected chi connectivity index (χ4v) is 3.37. The summed E-state index contributed by atoms with van der Waals surface area (Å²) in [6.45, 7) is 5.44. The summed E-state index contributed by atoms with van der Waals surface area (Å²) in [7, 11) is 0. The molecule has 8 heteroatoms. The quantitative estimate of drug-likeness (QED) is 0.615. The van der Waals surface area contributed by atoms with E-state index in [9.17, 15) is 10.1 Å². The number of aromatic nitrogens is 2. The van der Waals surface area contributed by atoms with Crippen molar-refractivity contribution < 1.29 is 4.92 Å². The highest BCUT2D eigenvalue weighted by atomic mass is 32.2. The van der Waals surface area contributed by atoms with Gasteiger partial charge < -0.3 is 10.6 Å². The third kappa shape index (κ3) is 3.50. The summed E-state index contributed by atoms with van der Waals surface area (Å²) in [5.74, 6) is 1.84. The molecule has 1 fully saturated rings. The number of anilines is 2. The highest BCUT2D eigenvalue weighted by Gasteiger charge is 2.30. The molecule has 110 valence electrons. The summed E-state index contributed by atoms with van der Waals surface area (Å²) in [6, 6.07) is 0. The molecule has 0 spiro atoms. The number of hydrogen-bond acceptors (Lipinski definition) is 7. The predicted molar refractivity (Wildman–Crippen MR) is 81.4 cm³/mol. The van der Waals surface area contributed by atoms with E-state index in [2.05, 4.69) is 27.5 Å². The van der Waals surface area contributed by atoms with Gasteiger partial charge in [-0.2, -0.15) is 16.7 Å². The van der Waals surface area contributed by atoms with Crippen molar-refractivity contribution in [2.45, 2.75) is 31.4 Å². The average molecular weight is 297 g/mol. The van der Waals surface area contributed by atoms with Gasteiger partial charge in [-0.1, -0.05) is 0 Å². The van der Waals surface area contributed by atoms with Crippen LogP contribution >= 0.6 is 11.8 Å². The van der Waals surface area contributed by atoms with Crippen molar-refractivity contribution in [1.29, 1.82) is 0 Å². The van der Waals surface area contributed by atoms with Crippen LogP contribution in [0.15, 0.2) is 6.20 Å². The van der Waals surface area contributed by atoms with Crippen LogP contribution in [-0.2, 0) is 0 Å². The van der Waals surface area contributed by atoms with Crippen LogP contribution in [0.2, 0.25) is 0 Å². The first-order valence-corrected chi connectivity index (χ1v) is 7.66. The van der Waals surface area contributed by atoms with E-state index in [1.54, 1.807) is 0 Å². The molecule has 0 saturated carbocycles. The molecule has 7 nitrogen and oxygen atoms in total. The van der Waals surface area contributed by atoms with Gasteiger partial charge in [-0.25, -0.2) is 4.98 Å². The summed E-state index contributed by atoms with van der Waals surface area (Å²) in [6.07, 6.45) is 3.55. The van der Waals surface area contributed by atoms with E-state index >= 15 is 0 Å². The van der Waals surface area contributed by atoms with E-state index in [0.29, 0.717) is 19.0 Å². The second-order valence-electron chi connectivity index (χ2n) is 4.97. The zero-order chi connectivity index (χ0) is 14.6. The summed E-state index contributed by atoms with van der Waals surface area (Å²) in [5, 5.41) is 17.1. The third-order valence-electron chi connectivity index (χ3n) is 3.23. The first-order chi connectivity index (χ1) is 9.54. The van der Waals surface area contributed by atoms with Crippen LogP contribution in [0.3, 0.4) is 0 Å². The minimum Gasteiger partial charge on any atom is -0.363 e. The average Bonchev–Trinajstić information content (AvgIpc) is 2.84. The summed E-state index contributed by atoms with van der Waals surface area (Å²) >= 11 is 1.90. The first kappa shape index (κ1) is 14.8. The molecule has 2 N–H and O–H groups in total. The van der Waals surface area contributed by atoms with Gasteiger partial charge in [0.2, 0.25) is 11.8 Å². The van der Waals surface area contributed by atoms with E-state index < -0.39 is 4.92 Å². The van der Waals surface area contributed by atoms with E-state index in [4.69, 9.17) is 0 Å². The summed E-state index contributed by atoms with van der Waals surface area (Å²) in [4.78, 5) is 18.7. The minimum atomic E-state index is -0.456. The number of rotatable bonds is 6. The highest BCUT2D eigenvalue weighted by Crippen LogP contribution is 2.38. The summed E-state index contributed by atoms with van der Waals surface area (Å²) in [5.41, 5.74) is -0.0850. The second kappa shape index (κ2) is 6.25. The third-order valence-corrected chi connectivity index (χ3v) is 4.77. The zero-order valence-corrected chi connectivity index (χ0v) is 12.5. The SMILES string of the molecule is CCNc1ncc([N+](=O)[O-])c(NCC2(C)CCCS2)n1.